The van der Waals surface area contributed by atoms with Gasteiger partial charge in [-0.05, 0) is 18.6 Å². The van der Waals surface area contributed by atoms with Crippen LogP contribution in [0.25, 0.3) is 0 Å². The molecule has 9 heteroatoms. The fourth-order valence-electron chi connectivity index (χ4n) is 1.79. The molecule has 23 heavy (non-hydrogen) atoms. The number of sulfone groups is 1. The number of hydrogen-bond donors (Lipinski definition) is 2. The van der Waals surface area contributed by atoms with Crippen molar-refractivity contribution in [1.29, 1.82) is 0 Å². The third kappa shape index (κ3) is 5.51. The van der Waals surface area contributed by atoms with Gasteiger partial charge in [-0.25, -0.2) is 8.42 Å². The number of benzene rings is 1. The monoisotopic (exact) mass is 343 g/mol. The standard InChI is InChI=1S/C14H21N3O5S/c1-4-10(2)14(18)16-8-7-15-12-6-5-11(23(3,21)22)9-13(12)17(19)20/h5-6,9-10,15H,4,7-8H2,1-3H3,(H,16,18)/t10-/m1/s1. The van der Waals surface area contributed by atoms with Crippen LogP contribution in [-0.2, 0) is 14.6 Å². The lowest BCUT2D eigenvalue weighted by molar-refractivity contribution is -0.384. The van der Waals surface area contributed by atoms with Gasteiger partial charge in [0.05, 0.1) is 9.82 Å². The molecule has 0 fully saturated rings. The van der Waals surface area contributed by atoms with Crippen molar-refractivity contribution in [2.75, 3.05) is 24.7 Å². The Morgan fingerprint density at radius 3 is 2.52 bits per heavy atom. The summed E-state index contributed by atoms with van der Waals surface area (Å²) in [6.45, 7) is 4.34. The highest BCUT2D eigenvalue weighted by Crippen LogP contribution is 2.27. The Kier molecular flexibility index (Phi) is 6.49. The molecule has 0 saturated heterocycles. The Labute approximate surface area is 135 Å². The molecule has 0 bridgehead atoms. The molecule has 0 saturated carbocycles. The molecule has 1 rings (SSSR count). The second-order valence-corrected chi connectivity index (χ2v) is 7.25. The van der Waals surface area contributed by atoms with Crippen LogP contribution in [0, 0.1) is 16.0 Å². The van der Waals surface area contributed by atoms with Crippen LogP contribution < -0.4 is 10.6 Å². The maximum Gasteiger partial charge on any atom is 0.293 e. The number of amides is 1. The Hall–Kier alpha value is -2.16. The van der Waals surface area contributed by atoms with Crippen molar-refractivity contribution >= 4 is 27.1 Å². The molecule has 1 atom stereocenters. The molecule has 8 nitrogen and oxygen atoms in total. The minimum atomic E-state index is -3.51. The fraction of sp³-hybridized carbons (Fsp3) is 0.500. The number of carbonyl (C=O) groups is 1. The average Bonchev–Trinajstić information content (AvgIpc) is 2.49. The van der Waals surface area contributed by atoms with Crippen molar-refractivity contribution < 1.29 is 18.1 Å². The van der Waals surface area contributed by atoms with E-state index in [1.165, 1.54) is 12.1 Å². The normalized spacial score (nSPS) is 12.5. The van der Waals surface area contributed by atoms with Crippen molar-refractivity contribution in [3.05, 3.63) is 28.3 Å². The lowest BCUT2D eigenvalue weighted by Crippen LogP contribution is -2.32. The van der Waals surface area contributed by atoms with E-state index < -0.39 is 14.8 Å². The maximum atomic E-state index is 11.6. The van der Waals surface area contributed by atoms with E-state index in [-0.39, 0.29) is 28.1 Å². The van der Waals surface area contributed by atoms with E-state index >= 15 is 0 Å². The summed E-state index contributed by atoms with van der Waals surface area (Å²) in [5, 5.41) is 16.6. The molecular weight excluding hydrogens is 322 g/mol. The minimum absolute atomic E-state index is 0.0729. The smallest absolute Gasteiger partial charge is 0.293 e. The molecule has 0 aromatic heterocycles. The molecule has 1 aromatic rings. The SMILES string of the molecule is CC[C@@H](C)C(=O)NCCNc1ccc(S(C)(=O)=O)cc1[N+](=O)[O-]. The summed E-state index contributed by atoms with van der Waals surface area (Å²) < 4.78 is 22.9. The summed E-state index contributed by atoms with van der Waals surface area (Å²) >= 11 is 0. The van der Waals surface area contributed by atoms with E-state index in [2.05, 4.69) is 10.6 Å². The number of nitro benzene ring substituents is 1. The highest BCUT2D eigenvalue weighted by Gasteiger charge is 2.18. The quantitative estimate of drug-likeness (QED) is 0.420. The van der Waals surface area contributed by atoms with Crippen LogP contribution in [0.3, 0.4) is 0 Å². The molecule has 0 radical (unpaired) electrons. The highest BCUT2D eigenvalue weighted by molar-refractivity contribution is 7.90. The van der Waals surface area contributed by atoms with E-state index in [9.17, 15) is 23.3 Å². The Balaban J connectivity index is 2.74. The predicted octanol–water partition coefficient (Wildman–Crippen LogP) is 1.57. The second-order valence-electron chi connectivity index (χ2n) is 5.24. The molecule has 1 amide bonds. The number of carbonyl (C=O) groups excluding carboxylic acids is 1. The first-order valence-corrected chi connectivity index (χ1v) is 9.06. The van der Waals surface area contributed by atoms with E-state index in [1.54, 1.807) is 0 Å². The molecule has 0 unspecified atom stereocenters. The zero-order valence-electron chi connectivity index (χ0n) is 13.3. The van der Waals surface area contributed by atoms with Crippen LogP contribution >= 0.6 is 0 Å². The molecule has 1 aromatic carbocycles. The van der Waals surface area contributed by atoms with Crippen LogP contribution in [0.1, 0.15) is 20.3 Å². The van der Waals surface area contributed by atoms with Gasteiger partial charge in [-0.1, -0.05) is 13.8 Å². The van der Waals surface area contributed by atoms with Gasteiger partial charge in [0, 0.05) is 31.3 Å². The molecule has 0 heterocycles. The maximum absolute atomic E-state index is 11.6. The Bertz CT molecular complexity index is 688. The lowest BCUT2D eigenvalue weighted by atomic mass is 10.1. The zero-order valence-corrected chi connectivity index (χ0v) is 14.1. The third-order valence-electron chi connectivity index (χ3n) is 3.39. The molecule has 0 aliphatic heterocycles. The molecule has 0 aliphatic carbocycles. The number of anilines is 1. The van der Waals surface area contributed by atoms with Gasteiger partial charge in [0.15, 0.2) is 9.84 Å². The van der Waals surface area contributed by atoms with Crippen molar-refractivity contribution in [1.82, 2.24) is 5.32 Å². The summed E-state index contributed by atoms with van der Waals surface area (Å²) in [6, 6.07) is 3.68. The van der Waals surface area contributed by atoms with Crippen LogP contribution in [0.5, 0.6) is 0 Å². The third-order valence-corrected chi connectivity index (χ3v) is 4.50. The van der Waals surface area contributed by atoms with Crippen LogP contribution in [0.15, 0.2) is 23.1 Å². The summed E-state index contributed by atoms with van der Waals surface area (Å²) in [7, 11) is -3.51. The lowest BCUT2D eigenvalue weighted by Gasteiger charge is -2.11. The van der Waals surface area contributed by atoms with Crippen LogP contribution in [0.4, 0.5) is 11.4 Å². The van der Waals surface area contributed by atoms with Gasteiger partial charge in [0.25, 0.3) is 5.69 Å². The first-order chi connectivity index (χ1) is 10.7. The van der Waals surface area contributed by atoms with E-state index in [4.69, 9.17) is 0 Å². The number of nitro groups is 1. The van der Waals surface area contributed by atoms with Gasteiger partial charge in [0.2, 0.25) is 5.91 Å². The van der Waals surface area contributed by atoms with Gasteiger partial charge in [-0.2, -0.15) is 0 Å². The number of hydrogen-bond acceptors (Lipinski definition) is 6. The first-order valence-electron chi connectivity index (χ1n) is 7.17. The highest BCUT2D eigenvalue weighted by atomic mass is 32.2. The molecule has 0 aliphatic rings. The molecular formula is C14H21N3O5S. The average molecular weight is 343 g/mol. The van der Waals surface area contributed by atoms with Crippen molar-refractivity contribution in [3.8, 4) is 0 Å². The summed E-state index contributed by atoms with van der Waals surface area (Å²) in [6.07, 6.45) is 1.72. The first kappa shape index (κ1) is 18.9. The Morgan fingerprint density at radius 2 is 2.00 bits per heavy atom. The summed E-state index contributed by atoms with van der Waals surface area (Å²) in [5.74, 6) is -0.158. The van der Waals surface area contributed by atoms with Gasteiger partial charge < -0.3 is 10.6 Å². The number of rotatable bonds is 8. The summed E-state index contributed by atoms with van der Waals surface area (Å²) in [5.41, 5.74) is -0.110. The van der Waals surface area contributed by atoms with Crippen LogP contribution in [-0.4, -0.2) is 38.6 Å². The van der Waals surface area contributed by atoms with E-state index in [1.807, 2.05) is 13.8 Å². The van der Waals surface area contributed by atoms with Gasteiger partial charge >= 0.3 is 0 Å². The van der Waals surface area contributed by atoms with Crippen molar-refractivity contribution in [2.24, 2.45) is 5.92 Å². The number of nitrogens with zero attached hydrogens (tertiary/aromatic N) is 1. The minimum Gasteiger partial charge on any atom is -0.378 e. The molecule has 0 spiro atoms. The van der Waals surface area contributed by atoms with Crippen molar-refractivity contribution in [2.45, 2.75) is 25.2 Å². The molecule has 2 N–H and O–H groups in total. The largest absolute Gasteiger partial charge is 0.378 e. The predicted molar refractivity (Wildman–Crippen MR) is 87.2 cm³/mol. The fourth-order valence-corrected chi connectivity index (χ4v) is 2.43. The molecule has 128 valence electrons. The van der Waals surface area contributed by atoms with Gasteiger partial charge in [0.1, 0.15) is 5.69 Å². The van der Waals surface area contributed by atoms with Crippen LogP contribution in [0.2, 0.25) is 0 Å². The number of nitrogens with one attached hydrogen (secondary N) is 2. The van der Waals surface area contributed by atoms with E-state index in [0.717, 1.165) is 18.7 Å². The topological polar surface area (TPSA) is 118 Å². The second kappa shape index (κ2) is 7.91. The van der Waals surface area contributed by atoms with Gasteiger partial charge in [-0.3, -0.25) is 14.9 Å². The van der Waals surface area contributed by atoms with Gasteiger partial charge in [-0.15, -0.1) is 0 Å². The zero-order chi connectivity index (χ0) is 17.6. The Morgan fingerprint density at radius 1 is 1.35 bits per heavy atom. The van der Waals surface area contributed by atoms with E-state index in [0.29, 0.717) is 13.1 Å². The van der Waals surface area contributed by atoms with Crippen molar-refractivity contribution in [3.63, 3.8) is 0 Å². The summed E-state index contributed by atoms with van der Waals surface area (Å²) in [4.78, 5) is 21.9.